The third-order valence-corrected chi connectivity index (χ3v) is 0.236. The van der Waals surface area contributed by atoms with E-state index >= 15 is 0 Å². The average molecular weight is 108 g/mol. The molecule has 0 N–H and O–H groups in total. The predicted octanol–water partition coefficient (Wildman–Crippen LogP) is 1.17. The van der Waals surface area contributed by atoms with E-state index in [9.17, 15) is 4.79 Å². The Kier molecular flexibility index (Phi) is 7.73. The zero-order valence-electron chi connectivity index (χ0n) is 3.89. The molecule has 0 aliphatic heterocycles. The van der Waals surface area contributed by atoms with Gasteiger partial charge in [0.15, 0.2) is 0 Å². The van der Waals surface area contributed by atoms with Crippen LogP contribution < -0.4 is 0 Å². The molecule has 2 heteroatoms. The molecule has 0 saturated heterocycles. The molecule has 0 aromatic heterocycles. The van der Waals surface area contributed by atoms with Gasteiger partial charge in [0.2, 0.25) is 6.29 Å². The van der Waals surface area contributed by atoms with E-state index in [1.807, 2.05) is 0 Å². The summed E-state index contributed by atoms with van der Waals surface area (Å²) in [6.07, 6.45) is 1.78. The van der Waals surface area contributed by atoms with E-state index in [2.05, 4.69) is 0 Å². The molecule has 1 nitrogen and oxygen atoms in total. The molecule has 0 fully saturated rings. The molecule has 0 heterocycles. The Morgan fingerprint density at radius 1 is 1.50 bits per heavy atom. The molecule has 0 bridgehead atoms. The Labute approximate surface area is 44.1 Å². The normalized spacial score (nSPS) is 7.17. The van der Waals surface area contributed by atoms with Gasteiger partial charge in [-0.25, -0.2) is 0 Å². The Hall–Kier alpha value is -0.0400. The van der Waals surface area contributed by atoms with Crippen molar-refractivity contribution in [2.45, 2.75) is 13.8 Å². The van der Waals surface area contributed by atoms with E-state index in [1.54, 1.807) is 20.1 Å². The summed E-state index contributed by atoms with van der Waals surface area (Å²) in [5.41, 5.74) is 0. The fraction of sp³-hybridized carbons (Fsp3) is 0.750. The second kappa shape index (κ2) is 4.96. The van der Waals surface area contributed by atoms with Crippen LogP contribution in [0.1, 0.15) is 13.8 Å². The lowest BCUT2D eigenvalue weighted by molar-refractivity contribution is 0.537. The van der Waals surface area contributed by atoms with E-state index in [4.69, 9.17) is 0 Å². The summed E-state index contributed by atoms with van der Waals surface area (Å²) >= 11 is 0. The Balaban J connectivity index is 0. The van der Waals surface area contributed by atoms with Crippen LogP contribution in [0.4, 0.5) is 0 Å². The Morgan fingerprint density at radius 2 is 1.67 bits per heavy atom. The fourth-order valence-corrected chi connectivity index (χ4v) is 0. The van der Waals surface area contributed by atoms with E-state index < -0.39 is 0 Å². The van der Waals surface area contributed by atoms with Gasteiger partial charge in [0.25, 0.3) is 0 Å². The minimum atomic E-state index is 0. The second-order valence-corrected chi connectivity index (χ2v) is 1.27. The van der Waals surface area contributed by atoms with Crippen molar-refractivity contribution in [2.75, 3.05) is 0 Å². The first-order valence-corrected chi connectivity index (χ1v) is 1.65. The maximum Gasteiger partial charge on any atom is 0.201 e. The smallest absolute Gasteiger partial charge is 0.201 e. The summed E-state index contributed by atoms with van der Waals surface area (Å²) < 4.78 is 0. The number of halogens is 1. The first-order chi connectivity index (χ1) is 2.27. The lowest BCUT2D eigenvalue weighted by atomic mass is 10.3. The summed E-state index contributed by atoms with van der Waals surface area (Å²) in [5.74, 6) is 0.0787. The number of rotatable bonds is 1. The molecule has 1 radical (unpaired) electrons. The molecule has 6 heavy (non-hydrogen) atoms. The molecule has 0 atom stereocenters. The van der Waals surface area contributed by atoms with E-state index in [0.717, 1.165) is 0 Å². The molecule has 0 aliphatic rings. The predicted molar refractivity (Wildman–Crippen MR) is 27.8 cm³/mol. The first kappa shape index (κ1) is 9.35. The van der Waals surface area contributed by atoms with Gasteiger partial charge in [-0.2, -0.15) is 0 Å². The minimum Gasteiger partial charge on any atom is -0.291 e. The van der Waals surface area contributed by atoms with E-state index in [-0.39, 0.29) is 18.3 Å². The zero-order valence-corrected chi connectivity index (χ0v) is 4.71. The summed E-state index contributed by atoms with van der Waals surface area (Å²) in [5, 5.41) is 0. The van der Waals surface area contributed by atoms with Gasteiger partial charge in [-0.1, -0.05) is 13.8 Å². The average Bonchev–Trinajstić information content (AvgIpc) is 1.38. The molecular formula is C4H8ClO. The van der Waals surface area contributed by atoms with Crippen LogP contribution in [0.3, 0.4) is 0 Å². The molecule has 37 valence electrons. The van der Waals surface area contributed by atoms with Gasteiger partial charge in [-0.3, -0.25) is 4.79 Å². The van der Waals surface area contributed by atoms with Crippen molar-refractivity contribution < 1.29 is 4.79 Å². The molecule has 0 rings (SSSR count). The van der Waals surface area contributed by atoms with Gasteiger partial charge < -0.3 is 0 Å². The second-order valence-electron chi connectivity index (χ2n) is 1.27. The highest BCUT2D eigenvalue weighted by Crippen LogP contribution is 1.78. The third kappa shape index (κ3) is 9.03. The minimum absolute atomic E-state index is 0. The Morgan fingerprint density at radius 3 is 1.67 bits per heavy atom. The highest BCUT2D eigenvalue weighted by atomic mass is 35.5. The van der Waals surface area contributed by atoms with Gasteiger partial charge in [0, 0.05) is 5.92 Å². The summed E-state index contributed by atoms with van der Waals surface area (Å²) in [6.45, 7) is 3.60. The lowest BCUT2D eigenvalue weighted by Gasteiger charge is -1.76. The summed E-state index contributed by atoms with van der Waals surface area (Å²) in [7, 11) is 0. The maximum absolute atomic E-state index is 9.38. The fourth-order valence-electron chi connectivity index (χ4n) is 0. The first-order valence-electron chi connectivity index (χ1n) is 1.65. The van der Waals surface area contributed by atoms with Gasteiger partial charge in [0.05, 0.1) is 0 Å². The van der Waals surface area contributed by atoms with Crippen LogP contribution in [-0.2, 0) is 4.79 Å². The molecular weight excluding hydrogens is 99.5 g/mol. The van der Waals surface area contributed by atoms with Crippen LogP contribution in [0.15, 0.2) is 0 Å². The van der Waals surface area contributed by atoms with Crippen molar-refractivity contribution in [3.8, 4) is 0 Å². The van der Waals surface area contributed by atoms with Crippen LogP contribution in [0.25, 0.3) is 0 Å². The molecule has 0 amide bonds. The topological polar surface area (TPSA) is 17.1 Å². The van der Waals surface area contributed by atoms with Crippen molar-refractivity contribution >= 4 is 18.7 Å². The number of hydrogen-bond acceptors (Lipinski definition) is 1. The van der Waals surface area contributed by atoms with E-state index in [1.165, 1.54) is 0 Å². The van der Waals surface area contributed by atoms with Crippen LogP contribution in [0, 0.1) is 5.92 Å². The third-order valence-electron chi connectivity index (χ3n) is 0.236. The SMILES string of the molecule is CC(C)[C]=O.Cl. The van der Waals surface area contributed by atoms with Crippen LogP contribution in [-0.4, -0.2) is 6.29 Å². The van der Waals surface area contributed by atoms with Gasteiger partial charge in [-0.05, 0) is 0 Å². The van der Waals surface area contributed by atoms with Crippen LogP contribution in [0.2, 0.25) is 0 Å². The zero-order chi connectivity index (χ0) is 4.28. The highest BCUT2D eigenvalue weighted by Gasteiger charge is 1.82. The van der Waals surface area contributed by atoms with Crippen molar-refractivity contribution in [3.05, 3.63) is 0 Å². The van der Waals surface area contributed by atoms with Crippen molar-refractivity contribution in [2.24, 2.45) is 5.92 Å². The number of hydrogen-bond donors (Lipinski definition) is 0. The van der Waals surface area contributed by atoms with Crippen LogP contribution >= 0.6 is 12.4 Å². The lowest BCUT2D eigenvalue weighted by Crippen LogP contribution is -1.82. The van der Waals surface area contributed by atoms with Gasteiger partial charge in [0.1, 0.15) is 0 Å². The van der Waals surface area contributed by atoms with E-state index in [0.29, 0.717) is 0 Å². The van der Waals surface area contributed by atoms with Crippen LogP contribution in [0.5, 0.6) is 0 Å². The maximum atomic E-state index is 9.38. The van der Waals surface area contributed by atoms with Crippen molar-refractivity contribution in [1.82, 2.24) is 0 Å². The molecule has 0 aromatic rings. The highest BCUT2D eigenvalue weighted by molar-refractivity contribution is 5.85. The largest absolute Gasteiger partial charge is 0.291 e. The summed E-state index contributed by atoms with van der Waals surface area (Å²) in [6, 6.07) is 0. The quantitative estimate of drug-likeness (QED) is 0.492. The monoisotopic (exact) mass is 107 g/mol. The Bertz CT molecular complexity index is 34.5. The summed E-state index contributed by atoms with van der Waals surface area (Å²) in [4.78, 5) is 9.38. The molecule has 0 aliphatic carbocycles. The van der Waals surface area contributed by atoms with Gasteiger partial charge in [-0.15, -0.1) is 12.4 Å². The standard InChI is InChI=1S/C4H7O.ClH/c1-4(2)3-5;/h4H,1-2H3;1H. The molecule has 0 spiro atoms. The van der Waals surface area contributed by atoms with Crippen molar-refractivity contribution in [3.63, 3.8) is 0 Å². The molecule has 0 unspecified atom stereocenters. The van der Waals surface area contributed by atoms with Crippen molar-refractivity contribution in [1.29, 1.82) is 0 Å². The molecule has 0 aromatic carbocycles. The van der Waals surface area contributed by atoms with Gasteiger partial charge >= 0.3 is 0 Å². The number of carbonyl (C=O) groups excluding carboxylic acids is 1. The molecule has 0 saturated carbocycles.